The third-order valence-corrected chi connectivity index (χ3v) is 3.17. The van der Waals surface area contributed by atoms with Gasteiger partial charge in [-0.3, -0.25) is 0 Å². The van der Waals surface area contributed by atoms with Gasteiger partial charge in [0, 0.05) is 17.3 Å². The molecule has 2 aromatic rings. The van der Waals surface area contributed by atoms with Crippen molar-refractivity contribution in [1.82, 2.24) is 14.9 Å². The molecule has 1 fully saturated rings. The molecule has 0 bridgehead atoms. The Morgan fingerprint density at radius 1 is 1.43 bits per heavy atom. The SMILES string of the molecule is CNC1(c2cnn3ccccc23)CC1. The lowest BCUT2D eigenvalue weighted by molar-refractivity contribution is 0.590. The zero-order valence-electron chi connectivity index (χ0n) is 8.20. The summed E-state index contributed by atoms with van der Waals surface area (Å²) in [6.45, 7) is 0. The lowest BCUT2D eigenvalue weighted by Crippen LogP contribution is -2.24. The molecule has 0 aromatic carbocycles. The van der Waals surface area contributed by atoms with Gasteiger partial charge in [0.15, 0.2) is 0 Å². The fourth-order valence-electron chi connectivity index (χ4n) is 2.08. The van der Waals surface area contributed by atoms with E-state index in [0.717, 1.165) is 0 Å². The summed E-state index contributed by atoms with van der Waals surface area (Å²) in [6.07, 6.45) is 6.42. The molecule has 0 saturated heterocycles. The number of rotatable bonds is 2. The van der Waals surface area contributed by atoms with Gasteiger partial charge < -0.3 is 5.32 Å². The van der Waals surface area contributed by atoms with Gasteiger partial charge in [-0.2, -0.15) is 5.10 Å². The van der Waals surface area contributed by atoms with Crippen LogP contribution < -0.4 is 5.32 Å². The number of pyridine rings is 1. The Morgan fingerprint density at radius 2 is 2.29 bits per heavy atom. The van der Waals surface area contributed by atoms with Crippen LogP contribution in [0.25, 0.3) is 5.52 Å². The molecule has 1 aliphatic rings. The van der Waals surface area contributed by atoms with Gasteiger partial charge in [-0.05, 0) is 32.0 Å². The Labute approximate surface area is 82.7 Å². The minimum atomic E-state index is 0.211. The second-order valence-corrected chi connectivity index (χ2v) is 3.92. The van der Waals surface area contributed by atoms with E-state index >= 15 is 0 Å². The molecule has 0 radical (unpaired) electrons. The summed E-state index contributed by atoms with van der Waals surface area (Å²) in [4.78, 5) is 0. The van der Waals surface area contributed by atoms with Crippen LogP contribution in [0.1, 0.15) is 18.4 Å². The van der Waals surface area contributed by atoms with E-state index in [1.807, 2.05) is 30.0 Å². The molecule has 2 heterocycles. The van der Waals surface area contributed by atoms with Gasteiger partial charge in [0.2, 0.25) is 0 Å². The summed E-state index contributed by atoms with van der Waals surface area (Å²) in [7, 11) is 2.03. The molecular weight excluding hydrogens is 174 g/mol. The highest BCUT2D eigenvalue weighted by molar-refractivity contribution is 5.58. The van der Waals surface area contributed by atoms with Gasteiger partial charge in [-0.1, -0.05) is 6.07 Å². The van der Waals surface area contributed by atoms with E-state index < -0.39 is 0 Å². The topological polar surface area (TPSA) is 29.3 Å². The van der Waals surface area contributed by atoms with Gasteiger partial charge >= 0.3 is 0 Å². The third kappa shape index (κ3) is 0.930. The average molecular weight is 187 g/mol. The Hall–Kier alpha value is -1.35. The maximum Gasteiger partial charge on any atom is 0.0712 e. The highest BCUT2D eigenvalue weighted by Gasteiger charge is 2.44. The van der Waals surface area contributed by atoms with Crippen molar-refractivity contribution in [3.63, 3.8) is 0 Å². The highest BCUT2D eigenvalue weighted by Crippen LogP contribution is 2.46. The van der Waals surface area contributed by atoms with Gasteiger partial charge in [-0.25, -0.2) is 4.52 Å². The predicted octanol–water partition coefficient (Wildman–Crippen LogP) is 1.54. The van der Waals surface area contributed by atoms with Crippen molar-refractivity contribution >= 4 is 5.52 Å². The quantitative estimate of drug-likeness (QED) is 0.772. The fourth-order valence-corrected chi connectivity index (χ4v) is 2.08. The number of hydrogen-bond donors (Lipinski definition) is 1. The Morgan fingerprint density at radius 3 is 3.00 bits per heavy atom. The minimum Gasteiger partial charge on any atom is -0.310 e. The van der Waals surface area contributed by atoms with Crippen LogP contribution in [0, 0.1) is 0 Å². The number of nitrogens with zero attached hydrogens (tertiary/aromatic N) is 2. The first-order chi connectivity index (χ1) is 6.86. The molecule has 0 atom stereocenters. The predicted molar refractivity (Wildman–Crippen MR) is 55.2 cm³/mol. The van der Waals surface area contributed by atoms with Crippen molar-refractivity contribution in [2.24, 2.45) is 0 Å². The first-order valence-corrected chi connectivity index (χ1v) is 4.97. The van der Waals surface area contributed by atoms with E-state index in [1.54, 1.807) is 0 Å². The molecule has 0 amide bonds. The molecule has 72 valence electrons. The van der Waals surface area contributed by atoms with Crippen molar-refractivity contribution in [2.75, 3.05) is 7.05 Å². The Kier molecular flexibility index (Phi) is 1.47. The first-order valence-electron chi connectivity index (χ1n) is 4.97. The summed E-state index contributed by atoms with van der Waals surface area (Å²) in [6, 6.07) is 6.19. The van der Waals surface area contributed by atoms with Crippen molar-refractivity contribution in [3.8, 4) is 0 Å². The molecule has 3 rings (SSSR count). The normalized spacial score (nSPS) is 18.6. The van der Waals surface area contributed by atoms with E-state index in [2.05, 4.69) is 22.5 Å². The molecule has 3 nitrogen and oxygen atoms in total. The van der Waals surface area contributed by atoms with Crippen molar-refractivity contribution in [3.05, 3.63) is 36.2 Å². The molecule has 1 saturated carbocycles. The van der Waals surface area contributed by atoms with Crippen molar-refractivity contribution in [1.29, 1.82) is 0 Å². The summed E-state index contributed by atoms with van der Waals surface area (Å²) < 4.78 is 1.94. The standard InChI is InChI=1S/C11H13N3/c1-12-11(5-6-11)9-8-13-14-7-3-2-4-10(9)14/h2-4,7-8,12H,5-6H2,1H3. The third-order valence-electron chi connectivity index (χ3n) is 3.17. The fraction of sp³-hybridized carbons (Fsp3) is 0.364. The summed E-state index contributed by atoms with van der Waals surface area (Å²) in [5, 5.41) is 7.74. The van der Waals surface area contributed by atoms with E-state index in [9.17, 15) is 0 Å². The van der Waals surface area contributed by atoms with Gasteiger partial charge in [0.05, 0.1) is 11.7 Å². The van der Waals surface area contributed by atoms with E-state index in [0.29, 0.717) is 0 Å². The van der Waals surface area contributed by atoms with Gasteiger partial charge in [0.25, 0.3) is 0 Å². The number of hydrogen-bond acceptors (Lipinski definition) is 2. The van der Waals surface area contributed by atoms with Crippen molar-refractivity contribution in [2.45, 2.75) is 18.4 Å². The van der Waals surface area contributed by atoms with Crippen LogP contribution in [-0.2, 0) is 5.54 Å². The van der Waals surface area contributed by atoms with Crippen LogP contribution in [0.5, 0.6) is 0 Å². The smallest absolute Gasteiger partial charge is 0.0712 e. The van der Waals surface area contributed by atoms with E-state index in [4.69, 9.17) is 0 Å². The van der Waals surface area contributed by atoms with Crippen LogP contribution in [-0.4, -0.2) is 16.7 Å². The van der Waals surface area contributed by atoms with Crippen LogP contribution in [0.2, 0.25) is 0 Å². The zero-order valence-corrected chi connectivity index (χ0v) is 8.20. The largest absolute Gasteiger partial charge is 0.310 e. The molecular formula is C11H13N3. The minimum absolute atomic E-state index is 0.211. The highest BCUT2D eigenvalue weighted by atomic mass is 15.2. The summed E-state index contributed by atoms with van der Waals surface area (Å²) >= 11 is 0. The summed E-state index contributed by atoms with van der Waals surface area (Å²) in [5.41, 5.74) is 2.77. The molecule has 0 unspecified atom stereocenters. The molecule has 1 N–H and O–H groups in total. The van der Waals surface area contributed by atoms with Gasteiger partial charge in [0.1, 0.15) is 0 Å². The monoisotopic (exact) mass is 187 g/mol. The van der Waals surface area contributed by atoms with Gasteiger partial charge in [-0.15, -0.1) is 0 Å². The molecule has 0 aliphatic heterocycles. The van der Waals surface area contributed by atoms with Crippen LogP contribution in [0.15, 0.2) is 30.6 Å². The number of aromatic nitrogens is 2. The van der Waals surface area contributed by atoms with Crippen molar-refractivity contribution < 1.29 is 0 Å². The zero-order chi connectivity index (χ0) is 9.60. The number of fused-ring (bicyclic) bond motifs is 1. The van der Waals surface area contributed by atoms with Crippen LogP contribution in [0.3, 0.4) is 0 Å². The average Bonchev–Trinajstić information content (AvgIpc) is 2.91. The van der Waals surface area contributed by atoms with E-state index in [-0.39, 0.29) is 5.54 Å². The number of nitrogens with one attached hydrogen (secondary N) is 1. The lowest BCUT2D eigenvalue weighted by Gasteiger charge is -2.11. The maximum absolute atomic E-state index is 4.35. The van der Waals surface area contributed by atoms with E-state index in [1.165, 1.54) is 23.9 Å². The lowest BCUT2D eigenvalue weighted by atomic mass is 10.1. The van der Waals surface area contributed by atoms with Crippen LogP contribution >= 0.6 is 0 Å². The molecule has 1 aliphatic carbocycles. The Balaban J connectivity index is 2.22. The summed E-state index contributed by atoms with van der Waals surface area (Å²) in [5.74, 6) is 0. The molecule has 3 heteroatoms. The second kappa shape index (κ2) is 2.58. The second-order valence-electron chi connectivity index (χ2n) is 3.92. The first kappa shape index (κ1) is 8.00. The Bertz CT molecular complexity index is 468. The molecule has 0 spiro atoms. The maximum atomic E-state index is 4.35. The molecule has 14 heavy (non-hydrogen) atoms. The molecule has 2 aromatic heterocycles. The van der Waals surface area contributed by atoms with Crippen LogP contribution in [0.4, 0.5) is 0 Å².